The molecule has 2 saturated carbocycles. The molecule has 1 atom stereocenters. The van der Waals surface area contributed by atoms with Gasteiger partial charge in [-0.1, -0.05) is 17.7 Å². The van der Waals surface area contributed by atoms with E-state index in [1.807, 2.05) is 17.9 Å². The number of carbonyl (C=O) groups excluding carboxylic acids is 5. The summed E-state index contributed by atoms with van der Waals surface area (Å²) < 4.78 is 18.8. The summed E-state index contributed by atoms with van der Waals surface area (Å²) in [5.41, 5.74) is 3.75. The van der Waals surface area contributed by atoms with Gasteiger partial charge in [-0.25, -0.2) is 9.97 Å². The van der Waals surface area contributed by atoms with Crippen LogP contribution in [0.25, 0.3) is 11.3 Å². The lowest BCUT2D eigenvalue weighted by molar-refractivity contribution is -0.136. The van der Waals surface area contributed by atoms with Gasteiger partial charge in [0, 0.05) is 62.1 Å². The van der Waals surface area contributed by atoms with Gasteiger partial charge in [-0.05, 0) is 75.8 Å². The summed E-state index contributed by atoms with van der Waals surface area (Å²) in [6, 6.07) is 4.45. The Morgan fingerprint density at radius 3 is 2.37 bits per heavy atom. The largest absolute Gasteiger partial charge is 0.382 e. The van der Waals surface area contributed by atoms with Crippen LogP contribution in [0.1, 0.15) is 90.6 Å². The van der Waals surface area contributed by atoms with E-state index < -0.39 is 29.7 Å². The molecule has 4 aliphatic rings. The molecule has 1 aromatic carbocycles. The fourth-order valence-electron chi connectivity index (χ4n) is 7.93. The van der Waals surface area contributed by atoms with Gasteiger partial charge in [-0.2, -0.15) is 5.10 Å². The van der Waals surface area contributed by atoms with Crippen LogP contribution < -0.4 is 21.3 Å². The smallest absolute Gasteiger partial charge is 0.264 e. The molecule has 322 valence electrons. The van der Waals surface area contributed by atoms with Crippen LogP contribution in [-0.4, -0.2) is 125 Å². The van der Waals surface area contributed by atoms with E-state index in [1.165, 1.54) is 12.8 Å². The summed E-state index contributed by atoms with van der Waals surface area (Å²) in [6.07, 6.45) is 12.1. The first kappa shape index (κ1) is 43.3. The SMILES string of the molecule is Cn1ncc(-c2nc(NC3CCC(NCC(=O)CCCOCCOCCOCCNc4cccc5c4C(=O)N(C4CCC(=O)NC4=O)C5=O)CC3)ncc2Cl)c1CC1CC1. The summed E-state index contributed by atoms with van der Waals surface area (Å²) in [7, 11) is 1.97. The number of benzene rings is 1. The molecule has 60 heavy (non-hydrogen) atoms. The van der Waals surface area contributed by atoms with Gasteiger partial charge < -0.3 is 30.2 Å². The number of nitrogens with zero attached hydrogens (tertiary/aromatic N) is 5. The number of imide groups is 2. The van der Waals surface area contributed by atoms with Crippen molar-refractivity contribution < 1.29 is 38.2 Å². The third kappa shape index (κ3) is 11.1. The number of ketones is 1. The quantitative estimate of drug-likeness (QED) is 0.0793. The Kier molecular flexibility index (Phi) is 14.9. The number of ether oxygens (including phenoxy) is 3. The number of aromatic nitrogens is 4. The van der Waals surface area contributed by atoms with Crippen LogP contribution in [0.3, 0.4) is 0 Å². The van der Waals surface area contributed by atoms with E-state index >= 15 is 0 Å². The molecule has 2 aliphatic heterocycles. The first-order valence-corrected chi connectivity index (χ1v) is 21.4. The number of hydrogen-bond acceptors (Lipinski definition) is 14. The minimum absolute atomic E-state index is 0.0624. The number of piperidine rings is 1. The number of amides is 4. The number of fused-ring (bicyclic) bond motifs is 1. The van der Waals surface area contributed by atoms with Gasteiger partial charge in [0.15, 0.2) is 0 Å². The molecule has 1 unspecified atom stereocenters. The highest BCUT2D eigenvalue weighted by molar-refractivity contribution is 6.33. The van der Waals surface area contributed by atoms with Crippen LogP contribution >= 0.6 is 11.6 Å². The Labute approximate surface area is 354 Å². The fraction of sp³-hybridized carbons (Fsp3) is 0.571. The second kappa shape index (κ2) is 20.6. The number of anilines is 2. The van der Waals surface area contributed by atoms with Crippen LogP contribution in [0.15, 0.2) is 30.6 Å². The summed E-state index contributed by atoms with van der Waals surface area (Å²) in [5, 5.41) is 17.3. The van der Waals surface area contributed by atoms with Crippen molar-refractivity contribution in [1.29, 1.82) is 0 Å². The predicted octanol–water partition coefficient (Wildman–Crippen LogP) is 3.71. The second-order valence-electron chi connectivity index (χ2n) is 15.8. The normalized spacial score (nSPS) is 20.4. The van der Waals surface area contributed by atoms with E-state index in [1.54, 1.807) is 24.4 Å². The van der Waals surface area contributed by atoms with Crippen LogP contribution in [-0.2, 0) is 42.1 Å². The van der Waals surface area contributed by atoms with Crippen LogP contribution in [0.2, 0.25) is 5.02 Å². The van der Waals surface area contributed by atoms with E-state index in [-0.39, 0.29) is 35.8 Å². The van der Waals surface area contributed by atoms with Gasteiger partial charge in [-0.15, -0.1) is 0 Å². The summed E-state index contributed by atoms with van der Waals surface area (Å²) >= 11 is 6.56. The molecule has 7 rings (SSSR count). The van der Waals surface area contributed by atoms with Gasteiger partial charge in [-0.3, -0.25) is 38.9 Å². The van der Waals surface area contributed by atoms with Crippen molar-refractivity contribution in [3.8, 4) is 11.3 Å². The first-order valence-electron chi connectivity index (χ1n) is 21.0. The highest BCUT2D eigenvalue weighted by atomic mass is 35.5. The zero-order valence-electron chi connectivity index (χ0n) is 34.0. The van der Waals surface area contributed by atoms with Crippen molar-refractivity contribution in [3.63, 3.8) is 0 Å². The van der Waals surface area contributed by atoms with Gasteiger partial charge in [0.2, 0.25) is 17.8 Å². The molecule has 0 bridgehead atoms. The lowest BCUT2D eigenvalue weighted by Crippen LogP contribution is -2.54. The van der Waals surface area contributed by atoms with Crippen LogP contribution in [0.4, 0.5) is 11.6 Å². The molecular weight excluding hydrogens is 794 g/mol. The average molecular weight is 848 g/mol. The number of Topliss-reactive ketones (excluding diaryl/α,β-unsaturated/α-hetero) is 1. The predicted molar refractivity (Wildman–Crippen MR) is 222 cm³/mol. The molecular formula is C42H54ClN9O8. The lowest BCUT2D eigenvalue weighted by atomic mass is 9.91. The summed E-state index contributed by atoms with van der Waals surface area (Å²) in [4.78, 5) is 72.8. The van der Waals surface area contributed by atoms with Gasteiger partial charge in [0.05, 0.1) is 73.8 Å². The van der Waals surface area contributed by atoms with Crippen molar-refractivity contribution in [2.45, 2.75) is 88.8 Å². The summed E-state index contributed by atoms with van der Waals surface area (Å²) in [5.74, 6) is -0.715. The van der Waals surface area contributed by atoms with E-state index in [0.717, 1.165) is 54.0 Å². The molecule has 4 amide bonds. The van der Waals surface area contributed by atoms with Crippen molar-refractivity contribution in [2.75, 3.05) is 63.4 Å². The van der Waals surface area contributed by atoms with E-state index in [9.17, 15) is 24.0 Å². The number of aryl methyl sites for hydroxylation is 1. The monoisotopic (exact) mass is 847 g/mol. The molecule has 4 N–H and O–H groups in total. The zero-order chi connectivity index (χ0) is 42.0. The fourth-order valence-corrected chi connectivity index (χ4v) is 8.12. The molecule has 0 radical (unpaired) electrons. The maximum Gasteiger partial charge on any atom is 0.264 e. The number of halogens is 1. The average Bonchev–Trinajstić information content (AvgIpc) is 3.94. The zero-order valence-corrected chi connectivity index (χ0v) is 34.8. The first-order chi connectivity index (χ1) is 29.2. The highest BCUT2D eigenvalue weighted by Crippen LogP contribution is 2.37. The molecule has 1 saturated heterocycles. The van der Waals surface area contributed by atoms with Crippen molar-refractivity contribution in [3.05, 3.63) is 52.4 Å². The number of rotatable bonds is 23. The lowest BCUT2D eigenvalue weighted by Gasteiger charge is -2.29. The third-order valence-corrected chi connectivity index (χ3v) is 11.7. The van der Waals surface area contributed by atoms with E-state index in [4.69, 9.17) is 30.8 Å². The van der Waals surface area contributed by atoms with E-state index in [0.29, 0.717) is 94.2 Å². The Morgan fingerprint density at radius 1 is 0.883 bits per heavy atom. The van der Waals surface area contributed by atoms with Gasteiger partial charge >= 0.3 is 0 Å². The topological polar surface area (TPSA) is 208 Å². The molecule has 3 fully saturated rings. The summed E-state index contributed by atoms with van der Waals surface area (Å²) in [6.45, 7) is 3.11. The molecule has 2 aromatic heterocycles. The minimum Gasteiger partial charge on any atom is -0.382 e. The highest BCUT2D eigenvalue weighted by Gasteiger charge is 2.45. The Balaban J connectivity index is 0.688. The Hall–Kier alpha value is -4.81. The standard InChI is InChI=1S/C42H54ClN9O8/c1-51-35(22-26-7-8-26)31(24-47-51)38-32(43)25-46-42(50-38)48-28-11-9-27(10-12-28)45-23-29(53)4-3-16-58-18-20-60-21-19-59-17-15-44-33-6-2-5-30-37(33)41(57)52(40(30)56)34-13-14-36(54)49-39(34)55/h2,5-6,24-28,34,44-45H,3-4,7-23H2,1H3,(H,46,48,50)(H,49,54,55). The third-order valence-electron chi connectivity index (χ3n) is 11.4. The molecule has 17 nitrogen and oxygen atoms in total. The number of carbonyl (C=O) groups is 5. The number of nitrogens with one attached hydrogen (secondary N) is 4. The van der Waals surface area contributed by atoms with Crippen molar-refractivity contribution >= 4 is 52.6 Å². The molecule has 0 spiro atoms. The molecule has 3 aromatic rings. The Bertz CT molecular complexity index is 2030. The van der Waals surface area contributed by atoms with E-state index in [2.05, 4.69) is 31.3 Å². The van der Waals surface area contributed by atoms with Crippen molar-refractivity contribution in [2.24, 2.45) is 13.0 Å². The molecule has 2 aliphatic carbocycles. The number of hydrogen-bond donors (Lipinski definition) is 4. The van der Waals surface area contributed by atoms with Gasteiger partial charge in [0.25, 0.3) is 11.8 Å². The maximum atomic E-state index is 13.2. The maximum absolute atomic E-state index is 13.2. The van der Waals surface area contributed by atoms with Crippen LogP contribution in [0, 0.1) is 5.92 Å². The Morgan fingerprint density at radius 2 is 1.62 bits per heavy atom. The molecule has 4 heterocycles. The van der Waals surface area contributed by atoms with Crippen LogP contribution in [0.5, 0.6) is 0 Å². The molecule has 18 heteroatoms. The van der Waals surface area contributed by atoms with Gasteiger partial charge in [0.1, 0.15) is 11.8 Å². The second-order valence-corrected chi connectivity index (χ2v) is 16.2. The van der Waals surface area contributed by atoms with Crippen molar-refractivity contribution in [1.82, 2.24) is 35.3 Å². The minimum atomic E-state index is -1.02.